The highest BCUT2D eigenvalue weighted by molar-refractivity contribution is 8.03. The van der Waals surface area contributed by atoms with Crippen LogP contribution in [0.1, 0.15) is 25.7 Å². The first-order chi connectivity index (χ1) is 23.2. The summed E-state index contributed by atoms with van der Waals surface area (Å²) in [5.41, 5.74) is 7.99. The van der Waals surface area contributed by atoms with Gasteiger partial charge < -0.3 is 62.8 Å². The Kier molecular flexibility index (Phi) is 16.9. The number of carboxylic acid groups (broad SMARTS) is 5. The fraction of sp³-hybridized carbons (Fsp3) is 0.520. The van der Waals surface area contributed by atoms with Gasteiger partial charge in [-0.05, 0) is 12.8 Å². The summed E-state index contributed by atoms with van der Waals surface area (Å²) in [6.45, 7) is -0.882. The standard InChI is InChI=1S/C25H34N6O17S2/c26-9(20(39)40)1-3-13(32)29-11(18(37)28-5-15(34)35)6-49-8-25(23(44)45)17(16(36)22(43)48-25)50-7-12(19(38)31-24(46)47)30-14(33)4-2-10(27)21(41)42/h9-12,36H,1-8,26-27H2,(H,28,37)(H,29,32)(H,30,33)(H,31,38)(H,34,35)(H,39,40)(H,41,42)(H,44,45)(H,46,47). The summed E-state index contributed by atoms with van der Waals surface area (Å²) in [6, 6.07) is -6.20. The van der Waals surface area contributed by atoms with Gasteiger partial charge in [0.2, 0.25) is 23.5 Å². The number of aliphatic carboxylic acids is 4. The van der Waals surface area contributed by atoms with Gasteiger partial charge in [-0.2, -0.15) is 11.8 Å². The highest BCUT2D eigenvalue weighted by atomic mass is 32.2. The molecule has 1 rings (SSSR count). The Morgan fingerprint density at radius 1 is 0.780 bits per heavy atom. The maximum atomic E-state index is 12.6. The Morgan fingerprint density at radius 3 is 1.72 bits per heavy atom. The number of carbonyl (C=O) groups excluding carboxylic acids is 5. The molecule has 1 heterocycles. The molecule has 0 aromatic heterocycles. The van der Waals surface area contributed by atoms with Crippen molar-refractivity contribution >= 4 is 83.1 Å². The van der Waals surface area contributed by atoms with Crippen LogP contribution in [0.2, 0.25) is 0 Å². The number of nitrogens with two attached hydrogens (primary N) is 2. The maximum absolute atomic E-state index is 12.6. The van der Waals surface area contributed by atoms with E-state index in [0.29, 0.717) is 23.5 Å². The second kappa shape index (κ2) is 19.8. The molecule has 5 atom stereocenters. The van der Waals surface area contributed by atoms with Crippen LogP contribution in [-0.2, 0) is 47.9 Å². The van der Waals surface area contributed by atoms with Crippen molar-refractivity contribution < 1.29 is 83.3 Å². The number of imide groups is 1. The molecule has 0 saturated heterocycles. The second-order valence-corrected chi connectivity index (χ2v) is 12.2. The first kappa shape index (κ1) is 42.9. The summed E-state index contributed by atoms with van der Waals surface area (Å²) < 4.78 is 4.96. The minimum absolute atomic E-state index is 0.293. The number of rotatable bonds is 22. The minimum Gasteiger partial charge on any atom is -0.501 e. The molecule has 5 unspecified atom stereocenters. The maximum Gasteiger partial charge on any atom is 0.411 e. The molecular weight excluding hydrogens is 720 g/mol. The number of nitrogens with one attached hydrogen (secondary N) is 4. The van der Waals surface area contributed by atoms with Crippen LogP contribution in [-0.4, -0.2) is 144 Å². The third kappa shape index (κ3) is 13.4. The average molecular weight is 755 g/mol. The minimum atomic E-state index is -2.71. The molecule has 0 aromatic carbocycles. The Hall–Kier alpha value is -5.14. The van der Waals surface area contributed by atoms with Gasteiger partial charge in [0, 0.05) is 30.1 Å². The van der Waals surface area contributed by atoms with Crippen molar-refractivity contribution in [3.05, 3.63) is 10.7 Å². The second-order valence-electron chi connectivity index (χ2n) is 10.1. The summed E-state index contributed by atoms with van der Waals surface area (Å²) in [4.78, 5) is 118. The molecule has 5 amide bonds. The predicted molar refractivity (Wildman–Crippen MR) is 166 cm³/mol. The van der Waals surface area contributed by atoms with Crippen LogP contribution in [0.5, 0.6) is 0 Å². The summed E-state index contributed by atoms with van der Waals surface area (Å²) >= 11 is 0.847. The highest BCUT2D eigenvalue weighted by Crippen LogP contribution is 2.42. The topological polar surface area (TPSA) is 401 Å². The largest absolute Gasteiger partial charge is 0.501 e. The van der Waals surface area contributed by atoms with Crippen LogP contribution in [0.4, 0.5) is 4.79 Å². The van der Waals surface area contributed by atoms with Crippen molar-refractivity contribution in [1.82, 2.24) is 21.3 Å². The number of esters is 1. The molecule has 0 bridgehead atoms. The van der Waals surface area contributed by atoms with E-state index in [1.165, 1.54) is 5.32 Å². The van der Waals surface area contributed by atoms with E-state index in [1.807, 2.05) is 5.32 Å². The average Bonchev–Trinajstić information content (AvgIpc) is 3.27. The fourth-order valence-electron chi connectivity index (χ4n) is 3.70. The Balaban J connectivity index is 3.21. The molecule has 0 aromatic rings. The third-order valence-corrected chi connectivity index (χ3v) is 8.81. The zero-order valence-corrected chi connectivity index (χ0v) is 27.2. The van der Waals surface area contributed by atoms with Crippen molar-refractivity contribution in [2.24, 2.45) is 11.5 Å². The molecule has 25 heteroatoms. The van der Waals surface area contributed by atoms with Crippen LogP contribution in [0, 0.1) is 0 Å². The summed E-state index contributed by atoms with van der Waals surface area (Å²) in [7, 11) is 0. The van der Waals surface area contributed by atoms with Crippen molar-refractivity contribution in [2.75, 3.05) is 23.8 Å². The van der Waals surface area contributed by atoms with E-state index in [2.05, 4.69) is 10.6 Å². The zero-order chi connectivity index (χ0) is 38.3. The molecule has 1 aliphatic rings. The Labute approximate surface area is 288 Å². The quantitative estimate of drug-likeness (QED) is 0.0468. The van der Waals surface area contributed by atoms with Crippen LogP contribution in [0.25, 0.3) is 0 Å². The number of aliphatic hydroxyl groups is 1. The predicted octanol–water partition coefficient (Wildman–Crippen LogP) is -4.05. The van der Waals surface area contributed by atoms with E-state index in [-0.39, 0.29) is 12.8 Å². The van der Waals surface area contributed by atoms with Gasteiger partial charge in [-0.3, -0.25) is 38.9 Å². The number of hydrogen-bond acceptors (Lipinski definition) is 16. The number of hydrogen-bond donors (Lipinski definition) is 12. The van der Waals surface area contributed by atoms with E-state index >= 15 is 0 Å². The smallest absolute Gasteiger partial charge is 0.411 e. The normalized spacial score (nSPS) is 17.7. The molecule has 14 N–H and O–H groups in total. The van der Waals surface area contributed by atoms with Gasteiger partial charge >= 0.3 is 35.9 Å². The highest BCUT2D eigenvalue weighted by Gasteiger charge is 2.55. The lowest BCUT2D eigenvalue weighted by Gasteiger charge is -2.27. The molecule has 23 nitrogen and oxygen atoms in total. The molecule has 278 valence electrons. The SMILES string of the molecule is NC(CCC(=O)NC(CSCC1(C(=O)O)OC(=O)C(O)=C1SCC(NC(=O)CCC(N)C(=O)O)C(=O)NC(=O)O)C(=O)NCC(=O)O)C(=O)O. The lowest BCUT2D eigenvalue weighted by Crippen LogP contribution is -2.51. The molecule has 0 aliphatic carbocycles. The Bertz CT molecular complexity index is 1420. The van der Waals surface area contributed by atoms with E-state index in [1.54, 1.807) is 0 Å². The van der Waals surface area contributed by atoms with E-state index in [0.717, 1.165) is 0 Å². The van der Waals surface area contributed by atoms with Gasteiger partial charge in [0.05, 0.1) is 4.91 Å². The number of ether oxygens (including phenoxy) is 1. The number of cyclic esters (lactones) is 1. The van der Waals surface area contributed by atoms with E-state index < -0.39 is 137 Å². The van der Waals surface area contributed by atoms with Gasteiger partial charge in [-0.25, -0.2) is 14.4 Å². The first-order valence-corrected chi connectivity index (χ1v) is 16.1. The number of thioether (sulfide) groups is 2. The molecule has 0 saturated carbocycles. The first-order valence-electron chi connectivity index (χ1n) is 13.9. The number of amides is 5. The van der Waals surface area contributed by atoms with Gasteiger partial charge in [-0.1, -0.05) is 0 Å². The fourth-order valence-corrected chi connectivity index (χ4v) is 6.22. The molecular formula is C25H34N6O17S2. The van der Waals surface area contributed by atoms with Crippen LogP contribution in [0.3, 0.4) is 0 Å². The molecule has 0 spiro atoms. The molecule has 1 aliphatic heterocycles. The number of carboxylic acids is 4. The van der Waals surface area contributed by atoms with Crippen LogP contribution in [0.15, 0.2) is 10.7 Å². The summed E-state index contributed by atoms with van der Waals surface area (Å²) in [5.74, 6) is -15.2. The van der Waals surface area contributed by atoms with E-state index in [4.69, 9.17) is 36.6 Å². The van der Waals surface area contributed by atoms with Gasteiger partial charge in [0.15, 0.2) is 0 Å². The Morgan fingerprint density at radius 2 is 1.28 bits per heavy atom. The molecule has 0 radical (unpaired) electrons. The van der Waals surface area contributed by atoms with Crippen molar-refractivity contribution in [1.29, 1.82) is 0 Å². The lowest BCUT2D eigenvalue weighted by molar-refractivity contribution is -0.165. The van der Waals surface area contributed by atoms with Crippen molar-refractivity contribution in [3.63, 3.8) is 0 Å². The zero-order valence-electron chi connectivity index (χ0n) is 25.6. The van der Waals surface area contributed by atoms with Gasteiger partial charge in [0.1, 0.15) is 30.7 Å². The van der Waals surface area contributed by atoms with E-state index in [9.17, 15) is 58.2 Å². The third-order valence-electron chi connectivity index (χ3n) is 6.32. The van der Waals surface area contributed by atoms with Crippen LogP contribution >= 0.6 is 23.5 Å². The molecule has 0 fully saturated rings. The number of carbonyl (C=O) groups is 10. The van der Waals surface area contributed by atoms with Crippen LogP contribution < -0.4 is 32.7 Å². The summed E-state index contributed by atoms with van der Waals surface area (Å²) in [5, 5.41) is 63.9. The van der Waals surface area contributed by atoms with Gasteiger partial charge in [-0.15, -0.1) is 11.8 Å². The lowest BCUT2D eigenvalue weighted by atomic mass is 10.1. The summed E-state index contributed by atoms with van der Waals surface area (Å²) in [6.07, 6.45) is -3.59. The molecule has 50 heavy (non-hydrogen) atoms. The van der Waals surface area contributed by atoms with Gasteiger partial charge in [0.25, 0.3) is 11.5 Å². The van der Waals surface area contributed by atoms with Crippen molar-refractivity contribution in [2.45, 2.75) is 55.5 Å². The number of aliphatic hydroxyl groups excluding tert-OH is 1. The monoisotopic (exact) mass is 754 g/mol. The van der Waals surface area contributed by atoms with Crippen molar-refractivity contribution in [3.8, 4) is 0 Å².